The van der Waals surface area contributed by atoms with Gasteiger partial charge in [-0.3, -0.25) is 9.48 Å². The van der Waals surface area contributed by atoms with Crippen molar-refractivity contribution in [1.82, 2.24) is 20.1 Å². The standard InChI is InChI=1S/C26H30FN5O2/c1-26(20-4-5-20)6-7-32(16-26)22-11-23(30-24(12-22)34-3)25(33)28-13-17-8-18(10-21(27)9-17)19-14-29-31(2)15-19/h8-12,14-15,20H,4-7,13,16H2,1-3H3,(H,28,33)/t26-/m1/s1. The lowest BCUT2D eigenvalue weighted by Crippen LogP contribution is -2.27. The van der Waals surface area contributed by atoms with Crippen molar-refractivity contribution < 1.29 is 13.9 Å². The lowest BCUT2D eigenvalue weighted by Gasteiger charge is -2.25. The maximum absolute atomic E-state index is 14.2. The molecule has 1 saturated heterocycles. The SMILES string of the molecule is COc1cc(N2CC[C@@](C)(C3CC3)C2)cc(C(=O)NCc2cc(F)cc(-c3cnn(C)c3)c2)n1. The lowest BCUT2D eigenvalue weighted by molar-refractivity contribution is 0.0945. The van der Waals surface area contributed by atoms with Crippen molar-refractivity contribution in [2.75, 3.05) is 25.1 Å². The maximum Gasteiger partial charge on any atom is 0.270 e. The summed E-state index contributed by atoms with van der Waals surface area (Å²) in [6, 6.07) is 8.45. The second kappa shape index (κ2) is 8.74. The van der Waals surface area contributed by atoms with Crippen molar-refractivity contribution in [3.8, 4) is 17.0 Å². The number of rotatable bonds is 7. The fourth-order valence-corrected chi connectivity index (χ4v) is 4.98. The Hall–Kier alpha value is -3.42. The zero-order valence-electron chi connectivity index (χ0n) is 19.8. The molecule has 2 aromatic heterocycles. The Labute approximate surface area is 198 Å². The minimum absolute atomic E-state index is 0.182. The molecule has 1 aromatic carbocycles. The van der Waals surface area contributed by atoms with Crippen LogP contribution in [0.25, 0.3) is 11.1 Å². The van der Waals surface area contributed by atoms with E-state index in [9.17, 15) is 9.18 Å². The fourth-order valence-electron chi connectivity index (χ4n) is 4.98. The minimum atomic E-state index is -0.361. The van der Waals surface area contributed by atoms with Crippen LogP contribution in [0.1, 0.15) is 42.2 Å². The number of carbonyl (C=O) groups is 1. The van der Waals surface area contributed by atoms with Gasteiger partial charge in [0.25, 0.3) is 5.91 Å². The quantitative estimate of drug-likeness (QED) is 0.569. The van der Waals surface area contributed by atoms with Crippen molar-refractivity contribution in [2.45, 2.75) is 32.7 Å². The molecule has 8 heteroatoms. The molecule has 7 nitrogen and oxygen atoms in total. The third-order valence-corrected chi connectivity index (χ3v) is 7.11. The Morgan fingerprint density at radius 2 is 2.06 bits per heavy atom. The van der Waals surface area contributed by atoms with Gasteiger partial charge in [-0.15, -0.1) is 0 Å². The van der Waals surface area contributed by atoms with Gasteiger partial charge in [-0.25, -0.2) is 9.37 Å². The van der Waals surface area contributed by atoms with Crippen LogP contribution < -0.4 is 15.0 Å². The molecular formula is C26H30FN5O2. The zero-order valence-corrected chi connectivity index (χ0v) is 19.8. The fraction of sp³-hybridized carbons (Fsp3) is 0.423. The Morgan fingerprint density at radius 3 is 2.76 bits per heavy atom. The summed E-state index contributed by atoms with van der Waals surface area (Å²) in [5.41, 5.74) is 3.77. The largest absolute Gasteiger partial charge is 0.481 e. The van der Waals surface area contributed by atoms with Gasteiger partial charge in [0, 0.05) is 50.2 Å². The summed E-state index contributed by atoms with van der Waals surface area (Å²) in [4.78, 5) is 19.7. The van der Waals surface area contributed by atoms with Gasteiger partial charge in [-0.1, -0.05) is 6.92 Å². The predicted molar refractivity (Wildman–Crippen MR) is 128 cm³/mol. The number of aryl methyl sites for hydroxylation is 1. The molecule has 1 aliphatic heterocycles. The molecule has 5 rings (SSSR count). The molecule has 1 saturated carbocycles. The van der Waals surface area contributed by atoms with E-state index in [4.69, 9.17) is 4.74 Å². The molecule has 3 heterocycles. The Kier molecular flexibility index (Phi) is 5.75. The first-order chi connectivity index (χ1) is 16.3. The van der Waals surface area contributed by atoms with Gasteiger partial charge in [0.05, 0.1) is 13.3 Å². The summed E-state index contributed by atoms with van der Waals surface area (Å²) in [5, 5.41) is 7.02. The van der Waals surface area contributed by atoms with Crippen molar-refractivity contribution in [1.29, 1.82) is 0 Å². The predicted octanol–water partition coefficient (Wildman–Crippen LogP) is 4.19. The van der Waals surface area contributed by atoms with E-state index >= 15 is 0 Å². The highest BCUT2D eigenvalue weighted by Crippen LogP contribution is 2.51. The van der Waals surface area contributed by atoms with Crippen LogP contribution in [0.4, 0.5) is 10.1 Å². The summed E-state index contributed by atoms with van der Waals surface area (Å²) in [7, 11) is 3.37. The zero-order chi connectivity index (χ0) is 23.9. The molecule has 0 radical (unpaired) electrons. The monoisotopic (exact) mass is 463 g/mol. The normalized spacial score (nSPS) is 19.9. The van der Waals surface area contributed by atoms with Crippen molar-refractivity contribution >= 4 is 11.6 Å². The van der Waals surface area contributed by atoms with Crippen molar-refractivity contribution in [3.05, 3.63) is 59.8 Å². The number of carbonyl (C=O) groups excluding carboxylic acids is 1. The number of hydrogen-bond donors (Lipinski definition) is 1. The van der Waals surface area contributed by atoms with E-state index < -0.39 is 0 Å². The Balaban J connectivity index is 1.31. The number of benzene rings is 1. The summed E-state index contributed by atoms with van der Waals surface area (Å²) < 4.78 is 21.3. The number of ether oxygens (including phenoxy) is 1. The van der Waals surface area contributed by atoms with Gasteiger partial charge < -0.3 is 15.0 Å². The number of methoxy groups -OCH3 is 1. The van der Waals surface area contributed by atoms with E-state index in [1.165, 1.54) is 25.0 Å². The number of pyridine rings is 1. The van der Waals surface area contributed by atoms with Crippen molar-refractivity contribution in [2.24, 2.45) is 18.4 Å². The van der Waals surface area contributed by atoms with Crippen LogP contribution in [0.15, 0.2) is 42.7 Å². The van der Waals surface area contributed by atoms with Gasteiger partial charge in [0.15, 0.2) is 0 Å². The van der Waals surface area contributed by atoms with E-state index in [2.05, 4.69) is 27.2 Å². The lowest BCUT2D eigenvalue weighted by atomic mass is 9.84. The first kappa shape index (κ1) is 22.4. The van der Waals surface area contributed by atoms with E-state index in [-0.39, 0.29) is 18.3 Å². The van der Waals surface area contributed by atoms with Gasteiger partial charge in [0.2, 0.25) is 5.88 Å². The van der Waals surface area contributed by atoms with E-state index in [1.807, 2.05) is 31.4 Å². The van der Waals surface area contributed by atoms with Crippen molar-refractivity contribution in [3.63, 3.8) is 0 Å². The summed E-state index contributed by atoms with van der Waals surface area (Å²) in [6.45, 7) is 4.49. The molecule has 0 unspecified atom stereocenters. The smallest absolute Gasteiger partial charge is 0.270 e. The molecule has 1 amide bonds. The molecule has 34 heavy (non-hydrogen) atoms. The first-order valence-corrected chi connectivity index (χ1v) is 11.7. The average Bonchev–Trinajstić information content (AvgIpc) is 3.49. The summed E-state index contributed by atoms with van der Waals surface area (Å²) in [5.74, 6) is 0.538. The molecule has 2 fully saturated rings. The van der Waals surface area contributed by atoms with E-state index in [1.54, 1.807) is 18.0 Å². The Morgan fingerprint density at radius 1 is 1.24 bits per heavy atom. The number of aromatic nitrogens is 3. The minimum Gasteiger partial charge on any atom is -0.481 e. The number of amides is 1. The van der Waals surface area contributed by atoms with Crippen LogP contribution in [-0.2, 0) is 13.6 Å². The van der Waals surface area contributed by atoms with Gasteiger partial charge in [0.1, 0.15) is 11.5 Å². The number of anilines is 1. The van der Waals surface area contributed by atoms with E-state index in [0.717, 1.165) is 36.7 Å². The van der Waals surface area contributed by atoms with Gasteiger partial charge in [-0.2, -0.15) is 5.10 Å². The second-order valence-electron chi connectivity index (χ2n) is 9.79. The number of nitrogens with one attached hydrogen (secondary N) is 1. The highest BCUT2D eigenvalue weighted by atomic mass is 19.1. The third-order valence-electron chi connectivity index (χ3n) is 7.11. The average molecular weight is 464 g/mol. The van der Waals surface area contributed by atoms with Crippen LogP contribution in [0.3, 0.4) is 0 Å². The number of nitrogens with zero attached hydrogens (tertiary/aromatic N) is 4. The highest BCUT2D eigenvalue weighted by Gasteiger charge is 2.45. The van der Waals surface area contributed by atoms with E-state index in [0.29, 0.717) is 28.1 Å². The molecule has 0 spiro atoms. The Bertz CT molecular complexity index is 1220. The van der Waals surface area contributed by atoms with Crippen LogP contribution in [-0.4, -0.2) is 40.9 Å². The van der Waals surface area contributed by atoms with Crippen LogP contribution in [0, 0.1) is 17.2 Å². The second-order valence-corrected chi connectivity index (χ2v) is 9.79. The molecule has 0 bridgehead atoms. The summed E-state index contributed by atoms with van der Waals surface area (Å²) in [6.07, 6.45) is 7.31. The molecular weight excluding hydrogens is 433 g/mol. The number of hydrogen-bond acceptors (Lipinski definition) is 5. The maximum atomic E-state index is 14.2. The third kappa shape index (κ3) is 4.62. The molecule has 1 N–H and O–H groups in total. The van der Waals surface area contributed by atoms with Crippen LogP contribution in [0.5, 0.6) is 5.88 Å². The molecule has 178 valence electrons. The van der Waals surface area contributed by atoms with Crippen LogP contribution >= 0.6 is 0 Å². The molecule has 2 aliphatic rings. The summed E-state index contributed by atoms with van der Waals surface area (Å²) >= 11 is 0. The molecule has 1 atom stereocenters. The van der Waals surface area contributed by atoms with Gasteiger partial charge >= 0.3 is 0 Å². The first-order valence-electron chi connectivity index (χ1n) is 11.7. The number of halogens is 1. The van der Waals surface area contributed by atoms with Gasteiger partial charge in [-0.05, 0) is 66.0 Å². The molecule has 1 aliphatic carbocycles. The molecule has 3 aromatic rings. The van der Waals surface area contributed by atoms with Crippen LogP contribution in [0.2, 0.25) is 0 Å². The highest BCUT2D eigenvalue weighted by molar-refractivity contribution is 5.93. The topological polar surface area (TPSA) is 72.3 Å².